The Balaban J connectivity index is 1.65. The lowest BCUT2D eigenvalue weighted by molar-refractivity contribution is 0.0950. The average Bonchev–Trinajstić information content (AvgIpc) is 3.32. The highest BCUT2D eigenvalue weighted by Crippen LogP contribution is 2.40. The number of aryl methyl sites for hydroxylation is 1. The predicted octanol–water partition coefficient (Wildman–Crippen LogP) is 6.50. The number of ether oxygens (including phenoxy) is 1. The third-order valence-electron chi connectivity index (χ3n) is 5.26. The first kappa shape index (κ1) is 26.9. The number of anilines is 2. The van der Waals surface area contributed by atoms with Crippen molar-refractivity contribution in [3.8, 4) is 11.5 Å². The van der Waals surface area contributed by atoms with Crippen molar-refractivity contribution in [2.75, 3.05) is 39.1 Å². The summed E-state index contributed by atoms with van der Waals surface area (Å²) in [7, 11) is 5.81. The minimum absolute atomic E-state index is 0.189. The highest BCUT2D eigenvalue weighted by Gasteiger charge is 2.19. The molecule has 10 heteroatoms. The van der Waals surface area contributed by atoms with Crippen LogP contribution < -0.4 is 15.0 Å². The van der Waals surface area contributed by atoms with E-state index in [-0.39, 0.29) is 5.91 Å². The second kappa shape index (κ2) is 12.4. The number of carbonyl (C=O) groups is 1. The van der Waals surface area contributed by atoms with E-state index in [1.165, 1.54) is 11.3 Å². The molecule has 2 aromatic carbocycles. The monoisotopic (exact) mass is 553 g/mol. The molecule has 0 aliphatic heterocycles. The van der Waals surface area contributed by atoms with E-state index in [2.05, 4.69) is 10.3 Å². The highest BCUT2D eigenvalue weighted by molar-refractivity contribution is 7.99. The fraction of sp³-hybridized carbons (Fsp3) is 0.222. The molecule has 0 radical (unpaired) electrons. The van der Waals surface area contributed by atoms with Crippen LogP contribution in [0.5, 0.6) is 11.5 Å². The molecular formula is C27H28ClN5O2S2. The Morgan fingerprint density at radius 2 is 1.86 bits per heavy atom. The van der Waals surface area contributed by atoms with E-state index < -0.39 is 0 Å². The van der Waals surface area contributed by atoms with Crippen LogP contribution in [-0.2, 0) is 0 Å². The Labute approximate surface area is 230 Å². The van der Waals surface area contributed by atoms with Gasteiger partial charge in [-0.05, 0) is 51.4 Å². The lowest BCUT2D eigenvalue weighted by Gasteiger charge is -2.20. The van der Waals surface area contributed by atoms with Gasteiger partial charge in [-0.25, -0.2) is 9.97 Å². The Kier molecular flexibility index (Phi) is 9.04. The number of amides is 1. The summed E-state index contributed by atoms with van der Waals surface area (Å²) in [5, 5.41) is 6.09. The van der Waals surface area contributed by atoms with E-state index in [9.17, 15) is 4.79 Å². The molecule has 2 aromatic heterocycles. The number of hydrogen-bond acceptors (Lipinski definition) is 8. The summed E-state index contributed by atoms with van der Waals surface area (Å²) in [6, 6.07) is 17.0. The summed E-state index contributed by atoms with van der Waals surface area (Å²) in [4.78, 5) is 27.9. The van der Waals surface area contributed by atoms with Crippen molar-refractivity contribution in [2.45, 2.75) is 16.7 Å². The second-order valence-electron chi connectivity index (χ2n) is 8.54. The van der Waals surface area contributed by atoms with Gasteiger partial charge in [-0.1, -0.05) is 41.6 Å². The topological polar surface area (TPSA) is 70.6 Å². The van der Waals surface area contributed by atoms with Crippen LogP contribution in [0.25, 0.3) is 0 Å². The normalized spacial score (nSPS) is 11.0. The molecule has 0 aliphatic carbocycles. The first-order valence-corrected chi connectivity index (χ1v) is 13.7. The second-order valence-corrected chi connectivity index (χ2v) is 10.9. The van der Waals surface area contributed by atoms with Gasteiger partial charge < -0.3 is 19.9 Å². The average molecular weight is 554 g/mol. The Morgan fingerprint density at radius 1 is 1.08 bits per heavy atom. The van der Waals surface area contributed by atoms with Gasteiger partial charge in [0.1, 0.15) is 5.75 Å². The van der Waals surface area contributed by atoms with Crippen LogP contribution in [0.2, 0.25) is 5.02 Å². The maximum Gasteiger partial charge on any atom is 0.251 e. The summed E-state index contributed by atoms with van der Waals surface area (Å²) in [6.45, 7) is 3.23. The lowest BCUT2D eigenvalue weighted by atomic mass is 10.2. The molecule has 0 unspecified atom stereocenters. The number of likely N-dealkylation sites (N-methyl/N-ethyl adjacent to an activating group) is 1. The van der Waals surface area contributed by atoms with Gasteiger partial charge in [0.15, 0.2) is 16.7 Å². The number of pyridine rings is 1. The number of hydrogen-bond donors (Lipinski definition) is 1. The molecule has 1 N–H and O–H groups in total. The first-order valence-electron chi connectivity index (χ1n) is 11.6. The van der Waals surface area contributed by atoms with E-state index in [0.717, 1.165) is 27.2 Å². The summed E-state index contributed by atoms with van der Waals surface area (Å²) in [5.41, 5.74) is 1.40. The molecule has 4 rings (SSSR count). The molecule has 0 saturated carbocycles. The predicted molar refractivity (Wildman–Crippen MR) is 152 cm³/mol. The third kappa shape index (κ3) is 7.23. The van der Waals surface area contributed by atoms with Gasteiger partial charge in [0.05, 0.1) is 10.7 Å². The summed E-state index contributed by atoms with van der Waals surface area (Å²) in [6.07, 6.45) is 1.81. The zero-order valence-electron chi connectivity index (χ0n) is 21.1. The number of rotatable bonds is 10. The Bertz CT molecular complexity index is 1360. The maximum atomic E-state index is 12.7. The van der Waals surface area contributed by atoms with Gasteiger partial charge in [-0.15, -0.1) is 11.3 Å². The minimum Gasteiger partial charge on any atom is -0.452 e. The van der Waals surface area contributed by atoms with Gasteiger partial charge in [-0.2, -0.15) is 0 Å². The number of aromatic nitrogens is 2. The van der Waals surface area contributed by atoms with E-state index in [4.69, 9.17) is 21.3 Å². The molecule has 0 bridgehead atoms. The van der Waals surface area contributed by atoms with Crippen LogP contribution in [0.1, 0.15) is 16.1 Å². The van der Waals surface area contributed by atoms with Crippen molar-refractivity contribution in [1.82, 2.24) is 20.2 Å². The van der Waals surface area contributed by atoms with E-state index >= 15 is 0 Å². The van der Waals surface area contributed by atoms with Crippen molar-refractivity contribution in [2.24, 2.45) is 0 Å². The fourth-order valence-corrected chi connectivity index (χ4v) is 5.11. The van der Waals surface area contributed by atoms with Crippen molar-refractivity contribution in [1.29, 1.82) is 0 Å². The largest absolute Gasteiger partial charge is 0.452 e. The number of nitrogens with zero attached hydrogens (tertiary/aromatic N) is 4. The van der Waals surface area contributed by atoms with Crippen LogP contribution in [0.15, 0.2) is 76.0 Å². The molecule has 0 saturated heterocycles. The number of nitrogens with one attached hydrogen (secondary N) is 1. The zero-order chi connectivity index (χ0) is 26.4. The Morgan fingerprint density at radius 3 is 2.57 bits per heavy atom. The standard InChI is InChI=1S/C27H28ClN5O2S2/c1-18-17-36-27(31-18)33(4)25-24(15-21(16-30-25)37-20-8-6-5-7-9-20)35-23-14-19(10-11-22(23)28)26(34)29-12-13-32(2)3/h5-11,14-17H,12-13H2,1-4H3,(H,29,34). The SMILES string of the molecule is Cc1csc(N(C)c2ncc(Sc3ccccc3)cc2Oc2cc(C(=O)NCCN(C)C)ccc2Cl)n1. The van der Waals surface area contributed by atoms with E-state index in [0.29, 0.717) is 34.4 Å². The molecule has 4 aromatic rings. The van der Waals surface area contributed by atoms with Crippen LogP contribution in [0.3, 0.4) is 0 Å². The number of halogens is 1. The van der Waals surface area contributed by atoms with Crippen molar-refractivity contribution >= 4 is 51.6 Å². The summed E-state index contributed by atoms with van der Waals surface area (Å²) in [5.74, 6) is 1.27. The van der Waals surface area contributed by atoms with Crippen LogP contribution >= 0.6 is 34.7 Å². The summed E-state index contributed by atoms with van der Waals surface area (Å²) < 4.78 is 6.34. The van der Waals surface area contributed by atoms with Gasteiger partial charge in [-0.3, -0.25) is 4.79 Å². The molecule has 0 atom stereocenters. The van der Waals surface area contributed by atoms with Gasteiger partial charge in [0, 0.05) is 53.1 Å². The Hall–Kier alpha value is -3.11. The van der Waals surface area contributed by atoms with Gasteiger partial charge in [0.2, 0.25) is 0 Å². The van der Waals surface area contributed by atoms with Crippen LogP contribution in [0, 0.1) is 6.92 Å². The molecule has 7 nitrogen and oxygen atoms in total. The molecule has 192 valence electrons. The number of carbonyl (C=O) groups excluding carboxylic acids is 1. The van der Waals surface area contributed by atoms with E-state index in [1.54, 1.807) is 30.0 Å². The van der Waals surface area contributed by atoms with Crippen LogP contribution in [-0.4, -0.2) is 55.0 Å². The highest BCUT2D eigenvalue weighted by atomic mass is 35.5. The third-order valence-corrected chi connectivity index (χ3v) is 7.57. The molecule has 2 heterocycles. The smallest absolute Gasteiger partial charge is 0.251 e. The van der Waals surface area contributed by atoms with Crippen molar-refractivity contribution < 1.29 is 9.53 Å². The number of benzene rings is 2. The first-order chi connectivity index (χ1) is 17.8. The molecule has 0 spiro atoms. The summed E-state index contributed by atoms with van der Waals surface area (Å²) >= 11 is 9.61. The molecule has 0 aliphatic rings. The number of thiazole rings is 1. The lowest BCUT2D eigenvalue weighted by Crippen LogP contribution is -2.31. The quantitative estimate of drug-likeness (QED) is 0.240. The molecule has 0 fully saturated rings. The van der Waals surface area contributed by atoms with Crippen molar-refractivity contribution in [3.05, 3.63) is 82.5 Å². The molecule has 37 heavy (non-hydrogen) atoms. The van der Waals surface area contributed by atoms with Gasteiger partial charge in [0.25, 0.3) is 5.91 Å². The minimum atomic E-state index is -0.189. The van der Waals surface area contributed by atoms with Crippen molar-refractivity contribution in [3.63, 3.8) is 0 Å². The maximum absolute atomic E-state index is 12.7. The molecular weight excluding hydrogens is 526 g/mol. The zero-order valence-corrected chi connectivity index (χ0v) is 23.5. The van der Waals surface area contributed by atoms with E-state index in [1.807, 2.05) is 85.8 Å². The molecule has 1 amide bonds. The van der Waals surface area contributed by atoms with Gasteiger partial charge >= 0.3 is 0 Å². The fourth-order valence-electron chi connectivity index (χ4n) is 3.35. The van der Waals surface area contributed by atoms with Crippen LogP contribution in [0.4, 0.5) is 10.9 Å².